The van der Waals surface area contributed by atoms with Gasteiger partial charge in [-0.25, -0.2) is 4.98 Å². The van der Waals surface area contributed by atoms with Crippen LogP contribution in [0, 0.1) is 0 Å². The first-order valence-electron chi connectivity index (χ1n) is 5.29. The summed E-state index contributed by atoms with van der Waals surface area (Å²) >= 11 is 5.01. The quantitative estimate of drug-likeness (QED) is 0.542. The topological polar surface area (TPSA) is 91.8 Å². The molecule has 0 aliphatic heterocycles. The Morgan fingerprint density at radius 3 is 2.53 bits per heavy atom. The molecule has 0 atom stereocenters. The molecule has 0 unspecified atom stereocenters. The monoisotopic (exact) mass is 274 g/mol. The van der Waals surface area contributed by atoms with Gasteiger partial charge in [0.1, 0.15) is 5.69 Å². The van der Waals surface area contributed by atoms with Crippen molar-refractivity contribution in [3.05, 3.63) is 48.8 Å². The average molecular weight is 274 g/mol. The van der Waals surface area contributed by atoms with Crippen molar-refractivity contribution in [2.45, 2.75) is 0 Å². The molecule has 0 saturated carbocycles. The van der Waals surface area contributed by atoms with Gasteiger partial charge in [0.2, 0.25) is 0 Å². The van der Waals surface area contributed by atoms with Crippen LogP contribution >= 0.6 is 12.2 Å². The summed E-state index contributed by atoms with van der Waals surface area (Å²) in [7, 11) is 0. The molecule has 0 aromatic carbocycles. The highest BCUT2D eigenvalue weighted by Gasteiger charge is 2.06. The third-order valence-corrected chi connectivity index (χ3v) is 2.23. The molecule has 0 spiro atoms. The number of anilines is 1. The molecule has 2 aromatic heterocycles. The van der Waals surface area contributed by atoms with Crippen LogP contribution in [0.4, 0.5) is 5.69 Å². The second-order valence-electron chi connectivity index (χ2n) is 3.36. The summed E-state index contributed by atoms with van der Waals surface area (Å²) in [6, 6.07) is 3.50. The van der Waals surface area contributed by atoms with E-state index >= 15 is 0 Å². The first-order valence-corrected chi connectivity index (χ1v) is 5.70. The van der Waals surface area contributed by atoms with E-state index in [2.05, 4.69) is 31.1 Å². The Labute approximate surface area is 114 Å². The largest absolute Gasteiger partial charge is 0.331 e. The Morgan fingerprint density at radius 2 is 1.84 bits per heavy atom. The van der Waals surface area contributed by atoms with Crippen molar-refractivity contribution in [3.63, 3.8) is 0 Å². The van der Waals surface area contributed by atoms with E-state index in [4.69, 9.17) is 12.2 Å². The first-order chi connectivity index (χ1) is 9.25. The highest BCUT2D eigenvalue weighted by atomic mass is 32.1. The number of nitrogens with zero attached hydrogens (tertiary/aromatic N) is 3. The van der Waals surface area contributed by atoms with Crippen molar-refractivity contribution in [3.8, 4) is 0 Å². The molecule has 3 N–H and O–H groups in total. The van der Waals surface area contributed by atoms with Crippen LogP contribution in [0.5, 0.6) is 0 Å². The lowest BCUT2D eigenvalue weighted by atomic mass is 10.4. The summed E-state index contributed by atoms with van der Waals surface area (Å²) in [5.74, 6) is -0.424. The van der Waals surface area contributed by atoms with Crippen molar-refractivity contribution in [1.82, 2.24) is 25.8 Å². The van der Waals surface area contributed by atoms with Gasteiger partial charge in [-0.1, -0.05) is 0 Å². The van der Waals surface area contributed by atoms with Gasteiger partial charge in [-0.2, -0.15) is 0 Å². The van der Waals surface area contributed by atoms with Gasteiger partial charge in [0.15, 0.2) is 5.11 Å². The molecule has 2 rings (SSSR count). The van der Waals surface area contributed by atoms with Gasteiger partial charge in [-0.05, 0) is 24.4 Å². The number of hydrogen-bond donors (Lipinski definition) is 3. The fourth-order valence-corrected chi connectivity index (χ4v) is 1.36. The van der Waals surface area contributed by atoms with E-state index in [9.17, 15) is 4.79 Å². The van der Waals surface area contributed by atoms with Crippen LogP contribution < -0.4 is 16.2 Å². The summed E-state index contributed by atoms with van der Waals surface area (Å²) in [5, 5.41) is 3.13. The molecule has 1 amide bonds. The highest BCUT2D eigenvalue weighted by Crippen LogP contribution is 2.02. The van der Waals surface area contributed by atoms with E-state index in [1.54, 1.807) is 24.5 Å². The Kier molecular flexibility index (Phi) is 4.29. The third-order valence-electron chi connectivity index (χ3n) is 2.02. The molecule has 8 heteroatoms. The van der Waals surface area contributed by atoms with E-state index < -0.39 is 5.91 Å². The fraction of sp³-hybridized carbons (Fsp3) is 0. The van der Waals surface area contributed by atoms with Crippen molar-refractivity contribution in [1.29, 1.82) is 0 Å². The Hall–Kier alpha value is -2.61. The second-order valence-corrected chi connectivity index (χ2v) is 3.77. The zero-order chi connectivity index (χ0) is 13.5. The number of carbonyl (C=O) groups excluding carboxylic acids is 1. The number of hydrogen-bond acceptors (Lipinski definition) is 5. The van der Waals surface area contributed by atoms with Gasteiger partial charge in [0.05, 0.1) is 6.20 Å². The van der Waals surface area contributed by atoms with Gasteiger partial charge in [-0.3, -0.25) is 25.6 Å². The number of amides is 1. The Bertz CT molecular complexity index is 562. The number of rotatable bonds is 2. The number of carbonyl (C=O) groups is 1. The smallest absolute Gasteiger partial charge is 0.289 e. The molecular formula is C11H10N6OS. The number of aromatic nitrogens is 3. The minimum Gasteiger partial charge on any atom is -0.331 e. The molecule has 7 nitrogen and oxygen atoms in total. The maximum absolute atomic E-state index is 11.6. The lowest BCUT2D eigenvalue weighted by Crippen LogP contribution is -2.44. The lowest BCUT2D eigenvalue weighted by Gasteiger charge is -2.10. The van der Waals surface area contributed by atoms with Gasteiger partial charge < -0.3 is 5.32 Å². The molecule has 0 saturated heterocycles. The molecule has 0 fully saturated rings. The van der Waals surface area contributed by atoms with E-state index in [1.165, 1.54) is 18.6 Å². The van der Waals surface area contributed by atoms with E-state index in [1.807, 2.05) is 0 Å². The van der Waals surface area contributed by atoms with Crippen LogP contribution in [0.3, 0.4) is 0 Å². The summed E-state index contributed by atoms with van der Waals surface area (Å²) in [6.45, 7) is 0. The average Bonchev–Trinajstić information content (AvgIpc) is 2.47. The number of hydrazine groups is 1. The standard InChI is InChI=1S/C11H10N6OS/c18-10(9-7-13-5-6-14-9)16-17-11(19)15-8-1-3-12-4-2-8/h1-7H,(H,16,18)(H2,12,15,17,19). The van der Waals surface area contributed by atoms with Crippen LogP contribution in [0.15, 0.2) is 43.1 Å². The fourth-order valence-electron chi connectivity index (χ4n) is 1.19. The zero-order valence-electron chi connectivity index (χ0n) is 9.70. The normalized spacial score (nSPS) is 9.47. The van der Waals surface area contributed by atoms with Crippen molar-refractivity contribution < 1.29 is 4.79 Å². The number of pyridine rings is 1. The van der Waals surface area contributed by atoms with E-state index in [0.29, 0.717) is 0 Å². The molecule has 2 heterocycles. The molecule has 0 bridgehead atoms. The predicted molar refractivity (Wildman–Crippen MR) is 73.1 cm³/mol. The highest BCUT2D eigenvalue weighted by molar-refractivity contribution is 7.80. The van der Waals surface area contributed by atoms with Crippen LogP contribution in [-0.4, -0.2) is 26.0 Å². The lowest BCUT2D eigenvalue weighted by molar-refractivity contribution is 0.0938. The maximum Gasteiger partial charge on any atom is 0.289 e. The van der Waals surface area contributed by atoms with E-state index in [-0.39, 0.29) is 10.8 Å². The molecule has 0 aliphatic rings. The van der Waals surface area contributed by atoms with Gasteiger partial charge >= 0.3 is 0 Å². The second kappa shape index (κ2) is 6.36. The van der Waals surface area contributed by atoms with Crippen LogP contribution in [0.25, 0.3) is 0 Å². The van der Waals surface area contributed by atoms with Crippen LogP contribution in [-0.2, 0) is 0 Å². The molecule has 0 aliphatic carbocycles. The summed E-state index contributed by atoms with van der Waals surface area (Å²) in [4.78, 5) is 23.2. The van der Waals surface area contributed by atoms with Crippen molar-refractivity contribution in [2.24, 2.45) is 0 Å². The van der Waals surface area contributed by atoms with Crippen molar-refractivity contribution in [2.75, 3.05) is 5.32 Å². The summed E-state index contributed by atoms with van der Waals surface area (Å²) in [5.41, 5.74) is 5.93. The predicted octanol–water partition coefficient (Wildman–Crippen LogP) is 0.503. The van der Waals surface area contributed by atoms with Gasteiger partial charge in [0.25, 0.3) is 5.91 Å². The maximum atomic E-state index is 11.6. The minimum absolute atomic E-state index is 0.196. The summed E-state index contributed by atoms with van der Waals surface area (Å²) < 4.78 is 0. The molecule has 19 heavy (non-hydrogen) atoms. The van der Waals surface area contributed by atoms with Gasteiger partial charge in [-0.15, -0.1) is 0 Å². The zero-order valence-corrected chi connectivity index (χ0v) is 10.5. The Balaban J connectivity index is 1.83. The minimum atomic E-state index is -0.424. The first kappa shape index (κ1) is 12.8. The Morgan fingerprint density at radius 1 is 1.05 bits per heavy atom. The van der Waals surface area contributed by atoms with Crippen LogP contribution in [0.1, 0.15) is 10.5 Å². The molecule has 2 aromatic rings. The van der Waals surface area contributed by atoms with Gasteiger partial charge in [0, 0.05) is 30.5 Å². The number of nitrogens with one attached hydrogen (secondary N) is 3. The third kappa shape index (κ3) is 3.96. The molecule has 0 radical (unpaired) electrons. The van der Waals surface area contributed by atoms with Crippen LogP contribution in [0.2, 0.25) is 0 Å². The van der Waals surface area contributed by atoms with Crippen molar-refractivity contribution >= 4 is 28.9 Å². The molecule has 96 valence electrons. The van der Waals surface area contributed by atoms with E-state index in [0.717, 1.165) is 5.69 Å². The molecular weight excluding hydrogens is 264 g/mol. The summed E-state index contributed by atoms with van der Waals surface area (Å²) in [6.07, 6.45) is 7.53. The SMILES string of the molecule is O=C(NNC(=S)Nc1ccncc1)c1cnccn1. The number of thiocarbonyl (C=S) groups is 1.